The number of carbonyl (C=O) groups is 1. The minimum atomic E-state index is -4.85. The Hall–Kier alpha value is -3.09. The van der Waals surface area contributed by atoms with Gasteiger partial charge >= 0.3 is 12.4 Å². The number of pyridine rings is 1. The summed E-state index contributed by atoms with van der Waals surface area (Å²) in [4.78, 5) is 16.6. The van der Waals surface area contributed by atoms with E-state index in [1.54, 1.807) is 12.1 Å². The monoisotopic (exact) mass is 548 g/mol. The van der Waals surface area contributed by atoms with Crippen molar-refractivity contribution in [1.82, 2.24) is 20.1 Å². The van der Waals surface area contributed by atoms with Gasteiger partial charge < -0.3 is 5.32 Å². The number of rotatable bonds is 6. The number of hydrogen-bond acceptors (Lipinski definition) is 4. The van der Waals surface area contributed by atoms with Gasteiger partial charge in [0.25, 0.3) is 0 Å². The standard InChI is InChI=1S/C22H17F7N4OS.C2H6/c23-13-1-4-15(5-2-13)35-17-7-6-16(17)20(34)31-9-12-11-33(32-19(12)22(27,28)29)14-3-8-18(30-10-14)21(24,25)26;1-2/h1-5,8,10-11,16-17H,6-7,9H2,(H,31,34);1-2H3. The van der Waals surface area contributed by atoms with Crippen LogP contribution in [0.3, 0.4) is 0 Å². The maximum atomic E-state index is 13.5. The molecule has 37 heavy (non-hydrogen) atoms. The number of thioether (sulfide) groups is 1. The quantitative estimate of drug-likeness (QED) is 0.350. The van der Waals surface area contributed by atoms with Crippen molar-refractivity contribution in [1.29, 1.82) is 0 Å². The van der Waals surface area contributed by atoms with E-state index in [1.165, 1.54) is 23.9 Å². The molecule has 1 fully saturated rings. The Morgan fingerprint density at radius 2 is 1.70 bits per heavy atom. The summed E-state index contributed by atoms with van der Waals surface area (Å²) in [6, 6.07) is 7.39. The van der Waals surface area contributed by atoms with Gasteiger partial charge in [-0.05, 0) is 49.2 Å². The molecule has 0 saturated heterocycles. The summed E-state index contributed by atoms with van der Waals surface area (Å²) < 4.78 is 92.5. The van der Waals surface area contributed by atoms with Crippen LogP contribution in [0, 0.1) is 11.7 Å². The first-order chi connectivity index (χ1) is 17.4. The molecular weight excluding hydrogens is 525 g/mol. The zero-order valence-electron chi connectivity index (χ0n) is 19.7. The maximum absolute atomic E-state index is 13.5. The topological polar surface area (TPSA) is 59.8 Å². The predicted octanol–water partition coefficient (Wildman–Crippen LogP) is 6.66. The lowest BCUT2D eigenvalue weighted by molar-refractivity contribution is -0.142. The molecule has 3 aromatic rings. The molecule has 2 unspecified atom stereocenters. The number of nitrogens with one attached hydrogen (secondary N) is 1. The van der Waals surface area contributed by atoms with E-state index in [2.05, 4.69) is 15.4 Å². The molecule has 0 spiro atoms. The predicted molar refractivity (Wildman–Crippen MR) is 123 cm³/mol. The molecule has 2 heterocycles. The summed E-state index contributed by atoms with van der Waals surface area (Å²) >= 11 is 1.40. The van der Waals surface area contributed by atoms with Crippen molar-refractivity contribution in [2.24, 2.45) is 5.92 Å². The van der Waals surface area contributed by atoms with E-state index in [4.69, 9.17) is 0 Å². The average Bonchev–Trinajstić information content (AvgIpc) is 3.27. The van der Waals surface area contributed by atoms with Gasteiger partial charge in [0.05, 0.1) is 17.8 Å². The molecule has 2 aromatic heterocycles. The Labute approximate surface area is 212 Å². The number of benzene rings is 1. The van der Waals surface area contributed by atoms with E-state index in [1.807, 2.05) is 13.8 Å². The molecule has 0 bridgehead atoms. The lowest BCUT2D eigenvalue weighted by atomic mass is 9.84. The first-order valence-corrected chi connectivity index (χ1v) is 12.2. The van der Waals surface area contributed by atoms with Gasteiger partial charge in [0.1, 0.15) is 11.5 Å². The fraction of sp³-hybridized carbons (Fsp3) is 0.375. The molecule has 4 rings (SSSR count). The van der Waals surface area contributed by atoms with Crippen LogP contribution in [0.1, 0.15) is 43.6 Å². The van der Waals surface area contributed by atoms with Crippen molar-refractivity contribution in [3.63, 3.8) is 0 Å². The zero-order valence-corrected chi connectivity index (χ0v) is 20.5. The summed E-state index contributed by atoms with van der Waals surface area (Å²) in [7, 11) is 0. The molecule has 1 amide bonds. The SMILES string of the molecule is CC.O=C(NCc1cn(-c2ccc(C(F)(F)F)nc2)nc1C(F)(F)F)C1CCC1Sc1ccc(F)cc1. The van der Waals surface area contributed by atoms with E-state index in [0.29, 0.717) is 12.5 Å². The second-order valence-electron chi connectivity index (χ2n) is 7.86. The summed E-state index contributed by atoms with van der Waals surface area (Å²) in [5.41, 5.74) is -2.89. The normalized spacial score (nSPS) is 17.4. The van der Waals surface area contributed by atoms with Crippen molar-refractivity contribution in [2.45, 2.75) is 55.7 Å². The summed E-state index contributed by atoms with van der Waals surface area (Å²) in [6.45, 7) is 3.53. The van der Waals surface area contributed by atoms with Crippen LogP contribution in [0.5, 0.6) is 0 Å². The minimum Gasteiger partial charge on any atom is -0.352 e. The van der Waals surface area contributed by atoms with E-state index >= 15 is 0 Å². The molecule has 2 atom stereocenters. The van der Waals surface area contributed by atoms with Crippen LogP contribution in [0.2, 0.25) is 0 Å². The van der Waals surface area contributed by atoms with E-state index in [-0.39, 0.29) is 22.3 Å². The Balaban J connectivity index is 0.00000186. The van der Waals surface area contributed by atoms with Crippen LogP contribution in [0.25, 0.3) is 5.69 Å². The molecule has 1 aliphatic carbocycles. The smallest absolute Gasteiger partial charge is 0.352 e. The fourth-order valence-electron chi connectivity index (χ4n) is 3.51. The van der Waals surface area contributed by atoms with Crippen molar-refractivity contribution in [3.05, 3.63) is 71.6 Å². The van der Waals surface area contributed by atoms with E-state index in [9.17, 15) is 35.5 Å². The summed E-state index contributed by atoms with van der Waals surface area (Å²) in [6.07, 6.45) is -6.48. The largest absolute Gasteiger partial charge is 0.435 e. The molecule has 1 N–H and O–H groups in total. The number of nitrogens with zero attached hydrogens (tertiary/aromatic N) is 3. The van der Waals surface area contributed by atoms with Crippen molar-refractivity contribution in [3.8, 4) is 5.69 Å². The Morgan fingerprint density at radius 3 is 2.22 bits per heavy atom. The number of alkyl halides is 6. The molecule has 0 radical (unpaired) electrons. The van der Waals surface area contributed by atoms with Crippen LogP contribution in [-0.2, 0) is 23.7 Å². The molecule has 1 aliphatic rings. The highest BCUT2D eigenvalue weighted by Gasteiger charge is 2.39. The van der Waals surface area contributed by atoms with Gasteiger partial charge in [-0.1, -0.05) is 13.8 Å². The second kappa shape index (κ2) is 11.5. The number of halogens is 7. The van der Waals surface area contributed by atoms with Crippen molar-refractivity contribution in [2.75, 3.05) is 0 Å². The van der Waals surface area contributed by atoms with Crippen LogP contribution in [-0.4, -0.2) is 25.9 Å². The number of aromatic nitrogens is 3. The minimum absolute atomic E-state index is 0.0940. The van der Waals surface area contributed by atoms with Crippen molar-refractivity contribution >= 4 is 17.7 Å². The van der Waals surface area contributed by atoms with Gasteiger partial charge in [-0.3, -0.25) is 4.79 Å². The summed E-state index contributed by atoms with van der Waals surface area (Å²) in [5, 5.41) is 5.87. The summed E-state index contributed by atoms with van der Waals surface area (Å²) in [5.74, 6) is -1.23. The highest BCUT2D eigenvalue weighted by Crippen LogP contribution is 2.41. The third-order valence-electron chi connectivity index (χ3n) is 5.46. The Morgan fingerprint density at radius 1 is 1.03 bits per heavy atom. The van der Waals surface area contributed by atoms with Gasteiger partial charge in [-0.15, -0.1) is 11.8 Å². The molecule has 1 aromatic carbocycles. The molecule has 5 nitrogen and oxygen atoms in total. The van der Waals surface area contributed by atoms with Gasteiger partial charge in [0.2, 0.25) is 5.91 Å². The fourth-order valence-corrected chi connectivity index (χ4v) is 4.83. The van der Waals surface area contributed by atoms with Crippen LogP contribution < -0.4 is 5.32 Å². The molecule has 1 saturated carbocycles. The third kappa shape index (κ3) is 7.02. The lowest BCUT2D eigenvalue weighted by Crippen LogP contribution is -2.42. The first-order valence-electron chi connectivity index (χ1n) is 11.3. The molecule has 13 heteroatoms. The molecular formula is C24H23F7N4OS. The van der Waals surface area contributed by atoms with Crippen LogP contribution in [0.4, 0.5) is 30.7 Å². The first kappa shape index (κ1) is 28.5. The Bertz CT molecular complexity index is 1190. The van der Waals surface area contributed by atoms with Gasteiger partial charge in [-0.25, -0.2) is 14.1 Å². The van der Waals surface area contributed by atoms with Gasteiger partial charge in [0, 0.05) is 28.5 Å². The zero-order chi connectivity index (χ0) is 27.4. The second-order valence-corrected chi connectivity index (χ2v) is 9.17. The van der Waals surface area contributed by atoms with E-state index < -0.39 is 42.1 Å². The van der Waals surface area contributed by atoms with Gasteiger partial charge in [-0.2, -0.15) is 31.4 Å². The Kier molecular flexibility index (Phi) is 8.88. The highest BCUT2D eigenvalue weighted by molar-refractivity contribution is 8.00. The maximum Gasteiger partial charge on any atom is 0.435 e. The average molecular weight is 549 g/mol. The van der Waals surface area contributed by atoms with Gasteiger partial charge in [0.15, 0.2) is 5.69 Å². The van der Waals surface area contributed by atoms with Crippen LogP contribution in [0.15, 0.2) is 53.7 Å². The molecule has 0 aliphatic heterocycles. The number of hydrogen-bond donors (Lipinski definition) is 1. The number of amides is 1. The van der Waals surface area contributed by atoms with E-state index in [0.717, 1.165) is 34.5 Å². The lowest BCUT2D eigenvalue weighted by Gasteiger charge is -2.34. The third-order valence-corrected chi connectivity index (χ3v) is 6.87. The van der Waals surface area contributed by atoms with Crippen molar-refractivity contribution < 1.29 is 35.5 Å². The van der Waals surface area contributed by atoms with Crippen LogP contribution >= 0.6 is 11.8 Å². The highest BCUT2D eigenvalue weighted by atomic mass is 32.2. The molecule has 200 valence electrons. The number of carbonyl (C=O) groups excluding carboxylic acids is 1.